The second-order valence-electron chi connectivity index (χ2n) is 16.1. The number of aliphatic hydroxyl groups is 1. The van der Waals surface area contributed by atoms with Crippen molar-refractivity contribution in [3.63, 3.8) is 0 Å². The number of ether oxygens (including phenoxy) is 3. The molecule has 6 aromatic rings. The number of nitrogens with zero attached hydrogens (tertiary/aromatic N) is 8. The fraction of sp³-hybridized carbons (Fsp3) is 0.333. The molecular formula is C42H43Cl5N10O6. The summed E-state index contributed by atoms with van der Waals surface area (Å²) < 4.78 is 16.4. The van der Waals surface area contributed by atoms with Crippen molar-refractivity contribution in [1.29, 1.82) is 0 Å². The van der Waals surface area contributed by atoms with Crippen LogP contribution in [0.25, 0.3) is 22.1 Å². The molecule has 2 aliphatic rings. The summed E-state index contributed by atoms with van der Waals surface area (Å²) in [5, 5.41) is 17.5. The average molecular weight is 961 g/mol. The molecule has 2 fully saturated rings. The fourth-order valence-electron chi connectivity index (χ4n) is 5.60. The second kappa shape index (κ2) is 20.1. The highest BCUT2D eigenvalue weighted by atomic mass is 35.5. The maximum absolute atomic E-state index is 12.1. The normalized spacial score (nSPS) is 14.0. The van der Waals surface area contributed by atoms with Crippen LogP contribution in [0.5, 0.6) is 5.88 Å². The Morgan fingerprint density at radius 2 is 1.08 bits per heavy atom. The van der Waals surface area contributed by atoms with Crippen molar-refractivity contribution >= 4 is 115 Å². The Balaban J connectivity index is 0.000000176. The first-order chi connectivity index (χ1) is 29.7. The summed E-state index contributed by atoms with van der Waals surface area (Å²) in [7, 11) is 0. The SMILES string of the molecule is CC(C)(C)OC(=O)N1CC(O)C1.CC(C)(C)OC(=O)N1CC(Oc2ccc3ncnc(Nc4ccc(Cl)c(Cl)c4)c3n2)C1.Clc1ccc2ncnc(Nc3ccc(Cl)c(Cl)c3)c2n1. The van der Waals surface area contributed by atoms with Crippen LogP contribution in [-0.4, -0.2) is 107 Å². The maximum Gasteiger partial charge on any atom is 0.410 e. The minimum absolute atomic E-state index is 0.159. The Hall–Kier alpha value is -5.23. The number of likely N-dealkylation sites (tertiary alicyclic amines) is 2. The number of carbonyl (C=O) groups excluding carboxylic acids is 2. The van der Waals surface area contributed by atoms with Crippen molar-refractivity contribution in [2.45, 2.75) is 65.0 Å². The molecule has 0 radical (unpaired) electrons. The van der Waals surface area contributed by atoms with Gasteiger partial charge >= 0.3 is 12.2 Å². The van der Waals surface area contributed by atoms with Crippen LogP contribution in [0.1, 0.15) is 41.5 Å². The Morgan fingerprint density at radius 1 is 0.619 bits per heavy atom. The third-order valence-corrected chi connectivity index (χ3v) is 10.3. The van der Waals surface area contributed by atoms with Crippen LogP contribution in [0, 0.1) is 0 Å². The van der Waals surface area contributed by atoms with Crippen molar-refractivity contribution in [3.05, 3.63) is 98.6 Å². The lowest BCUT2D eigenvalue weighted by atomic mass is 10.2. The van der Waals surface area contributed by atoms with Gasteiger partial charge in [-0.1, -0.05) is 58.0 Å². The van der Waals surface area contributed by atoms with E-state index in [4.69, 9.17) is 77.3 Å². The van der Waals surface area contributed by atoms with Gasteiger partial charge in [0.25, 0.3) is 0 Å². The van der Waals surface area contributed by atoms with Gasteiger partial charge in [-0.3, -0.25) is 0 Å². The summed E-state index contributed by atoms with van der Waals surface area (Å²) in [6, 6.07) is 17.4. The zero-order valence-corrected chi connectivity index (χ0v) is 38.6. The van der Waals surface area contributed by atoms with Gasteiger partial charge in [0.15, 0.2) is 11.6 Å². The molecule has 0 saturated carbocycles. The molecule has 21 heteroatoms. The summed E-state index contributed by atoms with van der Waals surface area (Å²) >= 11 is 29.9. The monoisotopic (exact) mass is 958 g/mol. The number of amides is 2. The van der Waals surface area contributed by atoms with Gasteiger partial charge in [-0.25, -0.2) is 39.5 Å². The maximum atomic E-state index is 12.1. The van der Waals surface area contributed by atoms with Crippen LogP contribution in [0.4, 0.5) is 32.6 Å². The van der Waals surface area contributed by atoms with Crippen molar-refractivity contribution in [3.8, 4) is 5.88 Å². The molecule has 16 nitrogen and oxygen atoms in total. The largest absolute Gasteiger partial charge is 0.471 e. The van der Waals surface area contributed by atoms with Crippen molar-refractivity contribution in [2.75, 3.05) is 36.8 Å². The smallest absolute Gasteiger partial charge is 0.410 e. The Kier molecular flexibility index (Phi) is 15.1. The highest BCUT2D eigenvalue weighted by molar-refractivity contribution is 6.42. The van der Waals surface area contributed by atoms with Gasteiger partial charge in [0.05, 0.1) is 63.4 Å². The Bertz CT molecular complexity index is 2600. The average Bonchev–Trinajstić information content (AvgIpc) is 3.17. The molecule has 0 spiro atoms. The van der Waals surface area contributed by atoms with Crippen LogP contribution in [0.15, 0.2) is 73.3 Å². The molecule has 2 aromatic carbocycles. The summed E-state index contributed by atoms with van der Waals surface area (Å²) in [5.74, 6) is 1.49. The van der Waals surface area contributed by atoms with Crippen LogP contribution in [0.2, 0.25) is 25.2 Å². The molecule has 332 valence electrons. The molecule has 0 unspecified atom stereocenters. The number of rotatable bonds is 6. The van der Waals surface area contributed by atoms with E-state index in [0.29, 0.717) is 91.0 Å². The zero-order chi connectivity index (χ0) is 45.6. The van der Waals surface area contributed by atoms with E-state index < -0.39 is 11.2 Å². The van der Waals surface area contributed by atoms with Crippen LogP contribution >= 0.6 is 58.0 Å². The van der Waals surface area contributed by atoms with E-state index in [1.807, 2.05) is 47.6 Å². The number of benzene rings is 2. The molecule has 2 amide bonds. The van der Waals surface area contributed by atoms with E-state index in [1.165, 1.54) is 17.6 Å². The van der Waals surface area contributed by atoms with E-state index in [-0.39, 0.29) is 24.4 Å². The van der Waals surface area contributed by atoms with E-state index in [0.717, 1.165) is 11.4 Å². The van der Waals surface area contributed by atoms with Crippen LogP contribution in [-0.2, 0) is 9.47 Å². The number of fused-ring (bicyclic) bond motifs is 2. The number of carbonyl (C=O) groups is 2. The summed E-state index contributed by atoms with van der Waals surface area (Å²) in [5.41, 5.74) is 3.00. The van der Waals surface area contributed by atoms with E-state index in [1.54, 1.807) is 59.5 Å². The Labute approximate surface area is 388 Å². The van der Waals surface area contributed by atoms with Crippen molar-refractivity contribution < 1.29 is 28.9 Å². The number of halogens is 5. The first-order valence-corrected chi connectivity index (χ1v) is 21.2. The molecule has 6 heterocycles. The minimum Gasteiger partial charge on any atom is -0.471 e. The number of pyridine rings is 2. The molecule has 8 rings (SSSR count). The minimum atomic E-state index is -0.527. The number of hydrogen-bond acceptors (Lipinski definition) is 14. The summed E-state index contributed by atoms with van der Waals surface area (Å²) in [6.07, 6.45) is 1.70. The van der Waals surface area contributed by atoms with E-state index in [9.17, 15) is 9.59 Å². The quantitative estimate of drug-likeness (QED) is 0.134. The standard InChI is InChI=1S/C21H21Cl2N5O3.C13H7Cl3N4.C8H15NO3/c1-21(2,3)31-20(29)28-9-13(10-28)30-17-7-6-16-18(27-17)19(25-11-24-16)26-12-4-5-14(22)15(23)8-12;14-8-2-1-7(5-9(8)15)19-13-12-10(17-6-18-13)3-4-11(16)20-12;1-8(2,3)12-7(11)9-4-6(10)5-9/h4-8,11,13H,9-10H2,1-3H3,(H,24,25,26);1-6H,(H,17,18,19);6,10H,4-5H2,1-3H3. The molecule has 0 atom stereocenters. The third kappa shape index (κ3) is 13.4. The molecule has 4 aromatic heterocycles. The molecule has 2 saturated heterocycles. The number of anilines is 4. The molecule has 0 aliphatic carbocycles. The van der Waals surface area contributed by atoms with E-state index in [2.05, 4.69) is 40.5 Å². The highest BCUT2D eigenvalue weighted by Crippen LogP contribution is 2.31. The molecule has 3 N–H and O–H groups in total. The third-order valence-electron chi connectivity index (χ3n) is 8.57. The predicted molar refractivity (Wildman–Crippen MR) is 245 cm³/mol. The number of β-amino-alcohol motifs (C(OH)–C–C–N with tert-alkyl or cyclic N) is 1. The van der Waals surface area contributed by atoms with Gasteiger partial charge in [-0.15, -0.1) is 0 Å². The fourth-order valence-corrected chi connectivity index (χ4v) is 6.34. The number of aliphatic hydroxyl groups excluding tert-OH is 1. The Morgan fingerprint density at radius 3 is 1.54 bits per heavy atom. The molecule has 2 aliphatic heterocycles. The van der Waals surface area contributed by atoms with Crippen molar-refractivity contribution in [1.82, 2.24) is 39.7 Å². The van der Waals surface area contributed by atoms with Gasteiger partial charge in [0.2, 0.25) is 5.88 Å². The lowest BCUT2D eigenvalue weighted by Crippen LogP contribution is -2.57. The molecular weight excluding hydrogens is 918 g/mol. The highest BCUT2D eigenvalue weighted by Gasteiger charge is 2.35. The topological polar surface area (TPSA) is 190 Å². The predicted octanol–water partition coefficient (Wildman–Crippen LogP) is 10.4. The summed E-state index contributed by atoms with van der Waals surface area (Å²) in [6.45, 7) is 12.6. The lowest BCUT2D eigenvalue weighted by molar-refractivity contribution is -0.0303. The van der Waals surface area contributed by atoms with Gasteiger partial charge in [-0.05, 0) is 96.1 Å². The number of nitrogens with one attached hydrogen (secondary N) is 2. The first-order valence-electron chi connectivity index (χ1n) is 19.3. The first kappa shape index (κ1) is 47.3. The van der Waals surface area contributed by atoms with E-state index >= 15 is 0 Å². The van der Waals surface area contributed by atoms with Gasteiger partial charge < -0.3 is 39.8 Å². The van der Waals surface area contributed by atoms with Crippen LogP contribution in [0.3, 0.4) is 0 Å². The van der Waals surface area contributed by atoms with Gasteiger partial charge in [0, 0.05) is 17.4 Å². The number of aromatic nitrogens is 6. The second-order valence-corrected chi connectivity index (χ2v) is 18.2. The van der Waals surface area contributed by atoms with Gasteiger partial charge in [0.1, 0.15) is 46.1 Å². The molecule has 63 heavy (non-hydrogen) atoms. The number of hydrogen-bond donors (Lipinski definition) is 3. The van der Waals surface area contributed by atoms with Crippen molar-refractivity contribution in [2.24, 2.45) is 0 Å². The lowest BCUT2D eigenvalue weighted by Gasteiger charge is -2.39. The zero-order valence-electron chi connectivity index (χ0n) is 34.9. The molecule has 0 bridgehead atoms. The van der Waals surface area contributed by atoms with Gasteiger partial charge in [-0.2, -0.15) is 0 Å². The summed E-state index contributed by atoms with van der Waals surface area (Å²) in [4.78, 5) is 52.0. The van der Waals surface area contributed by atoms with Crippen LogP contribution < -0.4 is 15.4 Å².